The van der Waals surface area contributed by atoms with E-state index in [0.29, 0.717) is 31.2 Å². The largest absolute Gasteiger partial charge is 0.367 e. The van der Waals surface area contributed by atoms with Gasteiger partial charge < -0.3 is 4.90 Å². The van der Waals surface area contributed by atoms with Crippen LogP contribution >= 0.6 is 11.6 Å². The molecule has 2 heterocycles. The molecule has 26 heavy (non-hydrogen) atoms. The molecule has 0 spiro atoms. The molecular weight excluding hydrogens is 370 g/mol. The van der Waals surface area contributed by atoms with Crippen LogP contribution in [0.25, 0.3) is 10.9 Å². The molecule has 0 atom stereocenters. The second-order valence-electron chi connectivity index (χ2n) is 6.20. The number of aromatic nitrogens is 1. The Bertz CT molecular complexity index is 1020. The van der Waals surface area contributed by atoms with Crippen LogP contribution in [0.15, 0.2) is 65.7 Å². The van der Waals surface area contributed by atoms with Crippen molar-refractivity contribution in [3.8, 4) is 0 Å². The maximum Gasteiger partial charge on any atom is 0.243 e. The number of hydrogen-bond donors (Lipinski definition) is 0. The highest BCUT2D eigenvalue weighted by molar-refractivity contribution is 7.89. The minimum Gasteiger partial charge on any atom is -0.367 e. The molecule has 0 unspecified atom stereocenters. The number of fused-ring (bicyclic) bond motifs is 1. The van der Waals surface area contributed by atoms with Crippen molar-refractivity contribution in [3.05, 3.63) is 65.8 Å². The topological polar surface area (TPSA) is 53.5 Å². The van der Waals surface area contributed by atoms with Crippen molar-refractivity contribution >= 4 is 38.2 Å². The lowest BCUT2D eigenvalue weighted by Gasteiger charge is -2.35. The number of halogens is 1. The summed E-state index contributed by atoms with van der Waals surface area (Å²) in [7, 11) is -3.49. The molecule has 1 aromatic heterocycles. The van der Waals surface area contributed by atoms with Crippen LogP contribution < -0.4 is 4.90 Å². The molecule has 2 aromatic carbocycles. The van der Waals surface area contributed by atoms with Gasteiger partial charge in [0.1, 0.15) is 0 Å². The molecule has 0 N–H and O–H groups in total. The van der Waals surface area contributed by atoms with E-state index in [2.05, 4.69) is 9.88 Å². The van der Waals surface area contributed by atoms with Crippen molar-refractivity contribution in [2.75, 3.05) is 31.1 Å². The number of pyridine rings is 1. The van der Waals surface area contributed by atoms with Crippen LogP contribution in [0, 0.1) is 0 Å². The lowest BCUT2D eigenvalue weighted by Crippen LogP contribution is -2.48. The van der Waals surface area contributed by atoms with Gasteiger partial charge in [-0.15, -0.1) is 0 Å². The molecule has 0 bridgehead atoms. The van der Waals surface area contributed by atoms with Gasteiger partial charge in [-0.05, 0) is 36.4 Å². The Morgan fingerprint density at radius 3 is 2.31 bits per heavy atom. The number of piperazine rings is 1. The number of sulfonamides is 1. The van der Waals surface area contributed by atoms with Gasteiger partial charge in [0.25, 0.3) is 0 Å². The molecule has 0 radical (unpaired) electrons. The van der Waals surface area contributed by atoms with Crippen LogP contribution in [0.2, 0.25) is 5.02 Å². The Labute approximate surface area is 157 Å². The number of anilines is 1. The van der Waals surface area contributed by atoms with Gasteiger partial charge >= 0.3 is 0 Å². The predicted molar refractivity (Wildman–Crippen MR) is 104 cm³/mol. The summed E-state index contributed by atoms with van der Waals surface area (Å²) in [6.07, 6.45) is 1.78. The SMILES string of the molecule is O=S(=O)(c1ccc(Cl)cc1)N1CCN(c2cccc3cccnc23)CC1. The average molecular weight is 388 g/mol. The third-order valence-corrected chi connectivity index (χ3v) is 6.81. The third-order valence-electron chi connectivity index (χ3n) is 4.64. The first-order valence-corrected chi connectivity index (χ1v) is 10.2. The van der Waals surface area contributed by atoms with Crippen LogP contribution in [0.5, 0.6) is 0 Å². The molecule has 4 rings (SSSR count). The second-order valence-corrected chi connectivity index (χ2v) is 8.57. The van der Waals surface area contributed by atoms with Crippen molar-refractivity contribution in [3.63, 3.8) is 0 Å². The fourth-order valence-electron chi connectivity index (χ4n) is 3.27. The summed E-state index contributed by atoms with van der Waals surface area (Å²) in [5.74, 6) is 0. The summed E-state index contributed by atoms with van der Waals surface area (Å²) in [6, 6.07) is 16.4. The van der Waals surface area contributed by atoms with E-state index in [-0.39, 0.29) is 4.90 Å². The fraction of sp³-hybridized carbons (Fsp3) is 0.211. The zero-order valence-electron chi connectivity index (χ0n) is 14.0. The molecule has 1 aliphatic heterocycles. The first-order valence-electron chi connectivity index (χ1n) is 8.40. The molecule has 0 aliphatic carbocycles. The van der Waals surface area contributed by atoms with Crippen LogP contribution in [0.3, 0.4) is 0 Å². The molecule has 5 nitrogen and oxygen atoms in total. The van der Waals surface area contributed by atoms with E-state index in [1.165, 1.54) is 4.31 Å². The highest BCUT2D eigenvalue weighted by atomic mass is 35.5. The van der Waals surface area contributed by atoms with E-state index in [1.807, 2.05) is 30.3 Å². The fourth-order valence-corrected chi connectivity index (χ4v) is 4.82. The van der Waals surface area contributed by atoms with Gasteiger partial charge in [-0.1, -0.05) is 29.8 Å². The minimum atomic E-state index is -3.49. The number of nitrogens with zero attached hydrogens (tertiary/aromatic N) is 3. The van der Waals surface area contributed by atoms with Gasteiger partial charge in [0.05, 0.1) is 16.1 Å². The Balaban J connectivity index is 1.54. The van der Waals surface area contributed by atoms with E-state index in [0.717, 1.165) is 16.6 Å². The highest BCUT2D eigenvalue weighted by Crippen LogP contribution is 2.27. The lowest BCUT2D eigenvalue weighted by atomic mass is 10.1. The predicted octanol–water partition coefficient (Wildman–Crippen LogP) is 3.40. The van der Waals surface area contributed by atoms with Crippen LogP contribution in [0.1, 0.15) is 0 Å². The Morgan fingerprint density at radius 2 is 1.58 bits per heavy atom. The van der Waals surface area contributed by atoms with Crippen molar-refractivity contribution < 1.29 is 8.42 Å². The van der Waals surface area contributed by atoms with E-state index in [1.54, 1.807) is 30.5 Å². The number of rotatable bonds is 3. The lowest BCUT2D eigenvalue weighted by molar-refractivity contribution is 0.385. The molecular formula is C19H18ClN3O2S. The van der Waals surface area contributed by atoms with Crippen molar-refractivity contribution in [1.82, 2.24) is 9.29 Å². The molecule has 7 heteroatoms. The van der Waals surface area contributed by atoms with E-state index < -0.39 is 10.0 Å². The van der Waals surface area contributed by atoms with E-state index >= 15 is 0 Å². The number of hydrogen-bond acceptors (Lipinski definition) is 4. The smallest absolute Gasteiger partial charge is 0.243 e. The highest BCUT2D eigenvalue weighted by Gasteiger charge is 2.29. The van der Waals surface area contributed by atoms with Crippen molar-refractivity contribution in [2.45, 2.75) is 4.90 Å². The summed E-state index contributed by atoms with van der Waals surface area (Å²) in [5, 5.41) is 1.61. The molecule has 3 aromatic rings. The molecule has 1 aliphatic rings. The molecule has 1 fully saturated rings. The van der Waals surface area contributed by atoms with Gasteiger partial charge in [-0.3, -0.25) is 4.98 Å². The molecule has 134 valence electrons. The van der Waals surface area contributed by atoms with Gasteiger partial charge in [0.2, 0.25) is 10.0 Å². The first kappa shape index (κ1) is 17.3. The Hall–Kier alpha value is -2.15. The standard InChI is InChI=1S/C19H18ClN3O2S/c20-16-6-8-17(9-7-16)26(24,25)23-13-11-22(12-14-23)18-5-1-3-15-4-2-10-21-19(15)18/h1-10H,11-14H2. The normalized spacial score (nSPS) is 16.1. The van der Waals surface area contributed by atoms with Crippen LogP contribution in [0.4, 0.5) is 5.69 Å². The van der Waals surface area contributed by atoms with Gasteiger partial charge in [-0.2, -0.15) is 4.31 Å². The maximum atomic E-state index is 12.8. The monoisotopic (exact) mass is 387 g/mol. The number of benzene rings is 2. The average Bonchev–Trinajstić information content (AvgIpc) is 2.68. The quantitative estimate of drug-likeness (QED) is 0.691. The van der Waals surface area contributed by atoms with Gasteiger partial charge in [-0.25, -0.2) is 8.42 Å². The number of para-hydroxylation sites is 1. The Morgan fingerprint density at radius 1 is 0.885 bits per heavy atom. The third kappa shape index (κ3) is 3.16. The Kier molecular flexibility index (Phi) is 4.56. The van der Waals surface area contributed by atoms with Crippen molar-refractivity contribution in [2.24, 2.45) is 0 Å². The summed E-state index contributed by atoms with van der Waals surface area (Å²) < 4.78 is 27.1. The summed E-state index contributed by atoms with van der Waals surface area (Å²) >= 11 is 5.86. The molecule has 1 saturated heterocycles. The van der Waals surface area contributed by atoms with Crippen LogP contribution in [-0.2, 0) is 10.0 Å². The van der Waals surface area contributed by atoms with E-state index in [9.17, 15) is 8.42 Å². The molecule has 0 amide bonds. The zero-order chi connectivity index (χ0) is 18.1. The first-order chi connectivity index (χ1) is 12.6. The second kappa shape index (κ2) is 6.87. The van der Waals surface area contributed by atoms with E-state index in [4.69, 9.17) is 11.6 Å². The van der Waals surface area contributed by atoms with Gasteiger partial charge in [0, 0.05) is 42.8 Å². The van der Waals surface area contributed by atoms with Crippen LogP contribution in [-0.4, -0.2) is 43.9 Å². The van der Waals surface area contributed by atoms with Gasteiger partial charge in [0.15, 0.2) is 0 Å². The summed E-state index contributed by atoms with van der Waals surface area (Å²) in [6.45, 7) is 2.13. The summed E-state index contributed by atoms with van der Waals surface area (Å²) in [5.41, 5.74) is 2.00. The minimum absolute atomic E-state index is 0.280. The zero-order valence-corrected chi connectivity index (χ0v) is 15.6. The van der Waals surface area contributed by atoms with Crippen molar-refractivity contribution in [1.29, 1.82) is 0 Å². The molecule has 0 saturated carbocycles. The maximum absolute atomic E-state index is 12.8. The summed E-state index contributed by atoms with van der Waals surface area (Å²) in [4.78, 5) is 6.97.